The van der Waals surface area contributed by atoms with Crippen molar-refractivity contribution in [1.82, 2.24) is 5.32 Å². The van der Waals surface area contributed by atoms with Crippen LogP contribution < -0.4 is 11.1 Å². The lowest BCUT2D eigenvalue weighted by atomic mass is 9.78. The highest BCUT2D eigenvalue weighted by Gasteiger charge is 2.34. The second kappa shape index (κ2) is 5.60. The minimum atomic E-state index is 0.0577. The Hall–Kier alpha value is -0.570. The van der Waals surface area contributed by atoms with Crippen molar-refractivity contribution in [2.45, 2.75) is 76.8 Å². The smallest absolute Gasteiger partial charge is 0.223 e. The summed E-state index contributed by atoms with van der Waals surface area (Å²) in [5.74, 6) is 0.853. The number of amides is 1. The first-order valence-corrected chi connectivity index (χ1v) is 7.58. The number of hydrogen-bond donors (Lipinski definition) is 2. The fraction of sp³-hybridized carbons (Fsp3) is 0.933. The molecule has 0 saturated heterocycles. The van der Waals surface area contributed by atoms with E-state index in [0.29, 0.717) is 12.0 Å². The van der Waals surface area contributed by atoms with E-state index in [1.54, 1.807) is 0 Å². The van der Waals surface area contributed by atoms with Crippen molar-refractivity contribution in [3.8, 4) is 0 Å². The monoisotopic (exact) mass is 252 g/mol. The Balaban J connectivity index is 1.87. The van der Waals surface area contributed by atoms with Crippen LogP contribution in [0.25, 0.3) is 0 Å². The van der Waals surface area contributed by atoms with Gasteiger partial charge in [0.2, 0.25) is 5.91 Å². The highest BCUT2D eigenvalue weighted by atomic mass is 16.2. The molecule has 0 aromatic rings. The van der Waals surface area contributed by atoms with E-state index in [9.17, 15) is 4.79 Å². The highest BCUT2D eigenvalue weighted by Crippen LogP contribution is 2.32. The zero-order valence-electron chi connectivity index (χ0n) is 11.9. The van der Waals surface area contributed by atoms with Crippen LogP contribution in [-0.4, -0.2) is 17.5 Å². The normalized spacial score (nSPS) is 33.1. The van der Waals surface area contributed by atoms with Crippen LogP contribution in [0.3, 0.4) is 0 Å². The van der Waals surface area contributed by atoms with Crippen LogP contribution >= 0.6 is 0 Å². The van der Waals surface area contributed by atoms with E-state index in [2.05, 4.69) is 19.2 Å². The lowest BCUT2D eigenvalue weighted by Crippen LogP contribution is -2.48. The Labute approximate surface area is 111 Å². The summed E-state index contributed by atoms with van der Waals surface area (Å²) in [5, 5.41) is 3.29. The average molecular weight is 252 g/mol. The van der Waals surface area contributed by atoms with Crippen LogP contribution in [-0.2, 0) is 4.79 Å². The Morgan fingerprint density at radius 2 is 1.94 bits per heavy atom. The summed E-state index contributed by atoms with van der Waals surface area (Å²) < 4.78 is 0. The molecule has 2 fully saturated rings. The first-order valence-electron chi connectivity index (χ1n) is 7.58. The first kappa shape index (κ1) is 13.9. The van der Waals surface area contributed by atoms with Crippen molar-refractivity contribution < 1.29 is 4.79 Å². The molecule has 0 heterocycles. The zero-order chi connectivity index (χ0) is 13.2. The Morgan fingerprint density at radius 3 is 2.56 bits per heavy atom. The Kier molecular flexibility index (Phi) is 4.31. The molecule has 0 bridgehead atoms. The zero-order valence-corrected chi connectivity index (χ0v) is 11.9. The third-order valence-corrected chi connectivity index (χ3v) is 5.01. The predicted octanol–water partition coefficient (Wildman–Crippen LogP) is 2.59. The van der Waals surface area contributed by atoms with Gasteiger partial charge in [0, 0.05) is 17.5 Å². The number of carbonyl (C=O) groups is 1. The summed E-state index contributed by atoms with van der Waals surface area (Å²) in [6.07, 6.45) is 9.26. The molecule has 3 atom stereocenters. The molecule has 2 saturated carbocycles. The van der Waals surface area contributed by atoms with Gasteiger partial charge in [-0.15, -0.1) is 0 Å². The van der Waals surface area contributed by atoms with Gasteiger partial charge in [-0.2, -0.15) is 0 Å². The van der Waals surface area contributed by atoms with Crippen LogP contribution in [0.2, 0.25) is 0 Å². The topological polar surface area (TPSA) is 55.1 Å². The van der Waals surface area contributed by atoms with E-state index in [1.165, 1.54) is 25.7 Å². The maximum atomic E-state index is 12.4. The summed E-state index contributed by atoms with van der Waals surface area (Å²) in [6, 6.07) is 0.307. The SMILES string of the molecule is CC(C(=O)NC1(C)CCCC1)C1CCCC(N)C1. The van der Waals surface area contributed by atoms with E-state index in [4.69, 9.17) is 5.73 Å². The number of nitrogens with one attached hydrogen (secondary N) is 1. The molecule has 3 heteroatoms. The highest BCUT2D eigenvalue weighted by molar-refractivity contribution is 5.79. The molecule has 18 heavy (non-hydrogen) atoms. The molecule has 1 amide bonds. The van der Waals surface area contributed by atoms with Crippen LogP contribution in [0.15, 0.2) is 0 Å². The molecule has 2 aliphatic carbocycles. The summed E-state index contributed by atoms with van der Waals surface area (Å²) in [7, 11) is 0. The minimum absolute atomic E-state index is 0.0577. The number of hydrogen-bond acceptors (Lipinski definition) is 2. The summed E-state index contributed by atoms with van der Waals surface area (Å²) in [4.78, 5) is 12.4. The van der Waals surface area contributed by atoms with Crippen molar-refractivity contribution in [1.29, 1.82) is 0 Å². The van der Waals surface area contributed by atoms with Gasteiger partial charge in [-0.05, 0) is 44.9 Å². The van der Waals surface area contributed by atoms with E-state index < -0.39 is 0 Å². The van der Waals surface area contributed by atoms with Crippen LogP contribution in [0.1, 0.15) is 65.2 Å². The standard InChI is InChI=1S/C15H28N2O/c1-11(12-6-5-7-13(16)10-12)14(18)17-15(2)8-3-4-9-15/h11-13H,3-10,16H2,1-2H3,(H,17,18). The molecule has 3 unspecified atom stereocenters. The summed E-state index contributed by atoms with van der Waals surface area (Å²) >= 11 is 0. The van der Waals surface area contributed by atoms with Gasteiger partial charge < -0.3 is 11.1 Å². The van der Waals surface area contributed by atoms with Gasteiger partial charge in [0.1, 0.15) is 0 Å². The summed E-state index contributed by atoms with van der Waals surface area (Å²) in [6.45, 7) is 4.27. The molecule has 104 valence electrons. The van der Waals surface area contributed by atoms with Crippen LogP contribution in [0.5, 0.6) is 0 Å². The number of rotatable bonds is 3. The third kappa shape index (κ3) is 3.25. The minimum Gasteiger partial charge on any atom is -0.351 e. The fourth-order valence-electron chi connectivity index (χ4n) is 3.63. The quantitative estimate of drug-likeness (QED) is 0.811. The lowest BCUT2D eigenvalue weighted by molar-refractivity contribution is -0.128. The maximum Gasteiger partial charge on any atom is 0.223 e. The van der Waals surface area contributed by atoms with Crippen molar-refractivity contribution in [3.63, 3.8) is 0 Å². The number of carbonyl (C=O) groups excluding carboxylic acids is 1. The van der Waals surface area contributed by atoms with Gasteiger partial charge in [0.25, 0.3) is 0 Å². The lowest BCUT2D eigenvalue weighted by Gasteiger charge is -2.33. The van der Waals surface area contributed by atoms with Crippen LogP contribution in [0.4, 0.5) is 0 Å². The largest absolute Gasteiger partial charge is 0.351 e. The Morgan fingerprint density at radius 1 is 1.28 bits per heavy atom. The van der Waals surface area contributed by atoms with Crippen LogP contribution in [0, 0.1) is 11.8 Å². The molecule has 0 aromatic carbocycles. The molecule has 3 N–H and O–H groups in total. The Bertz CT molecular complexity index is 297. The first-order chi connectivity index (χ1) is 8.50. The molecular formula is C15H28N2O. The van der Waals surface area contributed by atoms with E-state index in [0.717, 1.165) is 25.7 Å². The third-order valence-electron chi connectivity index (χ3n) is 5.01. The molecule has 0 spiro atoms. The van der Waals surface area contributed by atoms with Crippen molar-refractivity contribution >= 4 is 5.91 Å². The van der Waals surface area contributed by atoms with Gasteiger partial charge >= 0.3 is 0 Å². The van der Waals surface area contributed by atoms with Gasteiger partial charge in [-0.3, -0.25) is 4.79 Å². The summed E-state index contributed by atoms with van der Waals surface area (Å²) in [5.41, 5.74) is 6.08. The predicted molar refractivity (Wildman–Crippen MR) is 74.1 cm³/mol. The van der Waals surface area contributed by atoms with E-state index >= 15 is 0 Å². The maximum absolute atomic E-state index is 12.4. The molecule has 2 rings (SSSR count). The van der Waals surface area contributed by atoms with E-state index in [-0.39, 0.29) is 17.4 Å². The fourth-order valence-corrected chi connectivity index (χ4v) is 3.63. The van der Waals surface area contributed by atoms with Gasteiger partial charge in [-0.25, -0.2) is 0 Å². The average Bonchev–Trinajstić information content (AvgIpc) is 2.74. The molecule has 0 radical (unpaired) electrons. The van der Waals surface area contributed by atoms with E-state index in [1.807, 2.05) is 0 Å². The number of nitrogens with two attached hydrogens (primary N) is 1. The van der Waals surface area contributed by atoms with Gasteiger partial charge in [0.05, 0.1) is 0 Å². The molecule has 0 aliphatic heterocycles. The van der Waals surface area contributed by atoms with Crippen molar-refractivity contribution in [3.05, 3.63) is 0 Å². The second-order valence-corrected chi connectivity index (χ2v) is 6.73. The van der Waals surface area contributed by atoms with Gasteiger partial charge in [0.15, 0.2) is 0 Å². The van der Waals surface area contributed by atoms with Crippen molar-refractivity contribution in [2.24, 2.45) is 17.6 Å². The molecule has 3 nitrogen and oxygen atoms in total. The van der Waals surface area contributed by atoms with Crippen molar-refractivity contribution in [2.75, 3.05) is 0 Å². The second-order valence-electron chi connectivity index (χ2n) is 6.73. The van der Waals surface area contributed by atoms with Gasteiger partial charge in [-0.1, -0.05) is 26.2 Å². The molecular weight excluding hydrogens is 224 g/mol. The molecule has 2 aliphatic rings. The molecule has 0 aromatic heterocycles.